The van der Waals surface area contributed by atoms with Crippen LogP contribution in [0.15, 0.2) is 48.5 Å². The van der Waals surface area contributed by atoms with E-state index in [1.165, 1.54) is 4.90 Å². The summed E-state index contributed by atoms with van der Waals surface area (Å²) in [6.07, 6.45) is -1.13. The van der Waals surface area contributed by atoms with Crippen LogP contribution in [0.25, 0.3) is 0 Å². The van der Waals surface area contributed by atoms with Crippen LogP contribution in [0.4, 0.5) is 10.5 Å². The van der Waals surface area contributed by atoms with E-state index < -0.39 is 48.3 Å². The Morgan fingerprint density at radius 2 is 1.80 bits per heavy atom. The van der Waals surface area contributed by atoms with Crippen LogP contribution in [0.5, 0.6) is 0 Å². The third-order valence-corrected chi connectivity index (χ3v) is 6.52. The second kappa shape index (κ2) is 9.38. The molecule has 0 spiro atoms. The first-order valence-electron chi connectivity index (χ1n) is 11.5. The highest BCUT2D eigenvalue weighted by atomic mass is 16.6. The van der Waals surface area contributed by atoms with Gasteiger partial charge in [-0.15, -0.1) is 0 Å². The Kier molecular flexibility index (Phi) is 6.12. The maximum atomic E-state index is 13.6. The Morgan fingerprint density at radius 1 is 1.03 bits per heavy atom. The van der Waals surface area contributed by atoms with Crippen molar-refractivity contribution in [3.63, 3.8) is 0 Å². The molecule has 0 aromatic heterocycles. The summed E-state index contributed by atoms with van der Waals surface area (Å²) in [4.78, 5) is 52.1. The summed E-state index contributed by atoms with van der Waals surface area (Å²) in [5.41, 5.74) is 3.26. The SMILES string of the molecule is O=C1C[C@H](NC(=O)C2Cc3cccc4c3N2C(=O)[C@@H](NC(=O)OCc2ccccc2)CC4)C(O)O1. The van der Waals surface area contributed by atoms with E-state index in [4.69, 9.17) is 9.47 Å². The van der Waals surface area contributed by atoms with Gasteiger partial charge in [-0.05, 0) is 29.5 Å². The number of para-hydroxylation sites is 1. The molecule has 0 bridgehead atoms. The Bertz CT molecular complexity index is 1170. The fourth-order valence-electron chi connectivity index (χ4n) is 4.83. The zero-order valence-corrected chi connectivity index (χ0v) is 18.8. The molecule has 10 nitrogen and oxygen atoms in total. The first-order chi connectivity index (χ1) is 16.9. The van der Waals surface area contributed by atoms with E-state index in [1.807, 2.05) is 48.5 Å². The normalized spacial score (nSPS) is 24.9. The van der Waals surface area contributed by atoms with Crippen molar-refractivity contribution in [3.8, 4) is 0 Å². The largest absolute Gasteiger partial charge is 0.445 e. The third-order valence-electron chi connectivity index (χ3n) is 6.52. The molecule has 0 radical (unpaired) electrons. The van der Waals surface area contributed by atoms with E-state index in [1.54, 1.807) is 0 Å². The summed E-state index contributed by atoms with van der Waals surface area (Å²) < 4.78 is 9.99. The van der Waals surface area contributed by atoms with Crippen LogP contribution < -0.4 is 15.5 Å². The number of hydrogen-bond acceptors (Lipinski definition) is 7. The lowest BCUT2D eigenvalue weighted by atomic mass is 10.0. The quantitative estimate of drug-likeness (QED) is 0.543. The van der Waals surface area contributed by atoms with Crippen molar-refractivity contribution in [3.05, 3.63) is 65.2 Å². The van der Waals surface area contributed by atoms with E-state index in [2.05, 4.69) is 10.6 Å². The highest BCUT2D eigenvalue weighted by Gasteiger charge is 2.45. The van der Waals surface area contributed by atoms with Crippen LogP contribution in [0.1, 0.15) is 29.5 Å². The predicted octanol–water partition coefficient (Wildman–Crippen LogP) is 0.936. The van der Waals surface area contributed by atoms with Gasteiger partial charge in [0.25, 0.3) is 0 Å². The smallest absolute Gasteiger partial charge is 0.408 e. The number of esters is 1. The topological polar surface area (TPSA) is 134 Å². The van der Waals surface area contributed by atoms with Crippen LogP contribution in [-0.2, 0) is 43.3 Å². The number of anilines is 1. The molecule has 182 valence electrons. The van der Waals surface area contributed by atoms with E-state index in [-0.39, 0.29) is 19.4 Å². The number of hydrogen-bond donors (Lipinski definition) is 3. The summed E-state index contributed by atoms with van der Waals surface area (Å²) in [6, 6.07) is 12.2. The van der Waals surface area contributed by atoms with Crippen LogP contribution >= 0.6 is 0 Å². The maximum Gasteiger partial charge on any atom is 0.408 e. The fraction of sp³-hybridized carbons (Fsp3) is 0.360. The first-order valence-corrected chi connectivity index (χ1v) is 11.5. The number of rotatable bonds is 5. The van der Waals surface area contributed by atoms with Gasteiger partial charge in [0.1, 0.15) is 24.7 Å². The Balaban J connectivity index is 1.32. The summed E-state index contributed by atoms with van der Waals surface area (Å²) >= 11 is 0. The molecule has 5 rings (SSSR count). The summed E-state index contributed by atoms with van der Waals surface area (Å²) in [7, 11) is 0. The predicted molar refractivity (Wildman–Crippen MR) is 122 cm³/mol. The van der Waals surface area contributed by atoms with Gasteiger partial charge in [-0.1, -0.05) is 48.5 Å². The van der Waals surface area contributed by atoms with Gasteiger partial charge in [0, 0.05) is 6.42 Å². The zero-order chi connectivity index (χ0) is 24.5. The first kappa shape index (κ1) is 22.9. The van der Waals surface area contributed by atoms with Crippen molar-refractivity contribution < 1.29 is 33.8 Å². The lowest BCUT2D eigenvalue weighted by Crippen LogP contribution is -2.56. The van der Waals surface area contributed by atoms with E-state index in [0.717, 1.165) is 16.7 Å². The second-order valence-corrected chi connectivity index (χ2v) is 8.85. The number of amides is 3. The van der Waals surface area contributed by atoms with E-state index >= 15 is 0 Å². The van der Waals surface area contributed by atoms with E-state index in [9.17, 15) is 24.3 Å². The van der Waals surface area contributed by atoms with Gasteiger partial charge in [-0.3, -0.25) is 19.3 Å². The molecule has 2 aromatic carbocycles. The number of nitrogens with one attached hydrogen (secondary N) is 2. The fourth-order valence-corrected chi connectivity index (χ4v) is 4.83. The van der Waals surface area contributed by atoms with Crippen molar-refractivity contribution in [2.45, 2.75) is 56.7 Å². The monoisotopic (exact) mass is 479 g/mol. The minimum atomic E-state index is -1.43. The minimum Gasteiger partial charge on any atom is -0.445 e. The number of carbonyl (C=O) groups is 4. The Labute approximate surface area is 201 Å². The summed E-state index contributed by atoms with van der Waals surface area (Å²) in [6.45, 7) is 0.0667. The number of nitrogens with zero attached hydrogens (tertiary/aromatic N) is 1. The molecular formula is C25H25N3O7. The lowest BCUT2D eigenvalue weighted by molar-refractivity contribution is -0.155. The van der Waals surface area contributed by atoms with Crippen LogP contribution in [0, 0.1) is 0 Å². The number of aliphatic hydroxyl groups is 1. The highest BCUT2D eigenvalue weighted by Crippen LogP contribution is 2.39. The lowest BCUT2D eigenvalue weighted by Gasteiger charge is -2.28. The molecule has 1 saturated heterocycles. The maximum absolute atomic E-state index is 13.6. The summed E-state index contributed by atoms with van der Waals surface area (Å²) in [5.74, 6) is -1.52. The molecule has 3 aliphatic rings. The molecule has 2 aromatic rings. The second-order valence-electron chi connectivity index (χ2n) is 8.85. The molecule has 3 amide bonds. The number of benzene rings is 2. The molecule has 1 fully saturated rings. The van der Waals surface area contributed by atoms with Crippen molar-refractivity contribution in [2.75, 3.05) is 4.90 Å². The van der Waals surface area contributed by atoms with Crippen LogP contribution in [0.2, 0.25) is 0 Å². The van der Waals surface area contributed by atoms with Crippen molar-refractivity contribution in [1.29, 1.82) is 0 Å². The standard InChI is InChI=1S/C25H25N3O7/c29-20-12-18(24(32)35-20)26-22(30)19-11-16-8-4-7-15-9-10-17(23(31)28(19)21(15)16)27-25(33)34-13-14-5-2-1-3-6-14/h1-8,17-19,24,32H,9-13H2,(H,26,30)(H,27,33)/t17-,18-,19?,24?/m0/s1. The number of aryl methyl sites for hydroxylation is 1. The number of alkyl carbamates (subject to hydrolysis) is 1. The van der Waals surface area contributed by atoms with Crippen molar-refractivity contribution in [2.24, 2.45) is 0 Å². The Hall–Kier alpha value is -3.92. The number of ether oxygens (including phenoxy) is 2. The highest BCUT2D eigenvalue weighted by molar-refractivity contribution is 6.07. The molecule has 4 atom stereocenters. The molecule has 3 heterocycles. The number of cyclic esters (lactones) is 1. The molecule has 0 saturated carbocycles. The average molecular weight is 479 g/mol. The van der Waals surface area contributed by atoms with Gasteiger partial charge >= 0.3 is 12.1 Å². The van der Waals surface area contributed by atoms with Gasteiger partial charge in [0.05, 0.1) is 12.1 Å². The van der Waals surface area contributed by atoms with Gasteiger partial charge in [0.2, 0.25) is 18.1 Å². The van der Waals surface area contributed by atoms with E-state index in [0.29, 0.717) is 18.5 Å². The van der Waals surface area contributed by atoms with Crippen LogP contribution in [-0.4, -0.2) is 53.4 Å². The molecule has 3 aliphatic heterocycles. The molecular weight excluding hydrogens is 454 g/mol. The van der Waals surface area contributed by atoms with Crippen molar-refractivity contribution in [1.82, 2.24) is 10.6 Å². The van der Waals surface area contributed by atoms with Crippen molar-refractivity contribution >= 4 is 29.6 Å². The van der Waals surface area contributed by atoms with Gasteiger partial charge in [-0.25, -0.2) is 4.79 Å². The average Bonchev–Trinajstić information content (AvgIpc) is 3.35. The number of aliphatic hydroxyl groups excluding tert-OH is 1. The molecule has 35 heavy (non-hydrogen) atoms. The minimum absolute atomic E-state index is 0.0667. The van der Waals surface area contributed by atoms with Gasteiger partial charge in [-0.2, -0.15) is 0 Å². The van der Waals surface area contributed by atoms with Gasteiger partial charge < -0.3 is 25.2 Å². The molecule has 3 N–H and O–H groups in total. The molecule has 2 unspecified atom stereocenters. The zero-order valence-electron chi connectivity index (χ0n) is 18.8. The summed E-state index contributed by atoms with van der Waals surface area (Å²) in [5, 5.41) is 15.2. The molecule has 0 aliphatic carbocycles. The van der Waals surface area contributed by atoms with Gasteiger partial charge in [0.15, 0.2) is 0 Å². The Morgan fingerprint density at radius 3 is 2.54 bits per heavy atom. The third kappa shape index (κ3) is 4.57. The number of carbonyl (C=O) groups excluding carboxylic acids is 4. The molecule has 10 heteroatoms. The van der Waals surface area contributed by atoms with Crippen LogP contribution in [0.3, 0.4) is 0 Å².